The number of aliphatic imine (C=N–C) groups is 1. The van der Waals surface area contributed by atoms with Gasteiger partial charge in [-0.05, 0) is 25.5 Å². The molecular formula is C15H20N6S. The zero-order valence-corrected chi connectivity index (χ0v) is 13.7. The van der Waals surface area contributed by atoms with Gasteiger partial charge in [0.1, 0.15) is 0 Å². The Kier molecular flexibility index (Phi) is 4.44. The number of fused-ring (bicyclic) bond motifs is 1. The molecule has 1 aliphatic heterocycles. The van der Waals surface area contributed by atoms with Gasteiger partial charge in [-0.2, -0.15) is 12.6 Å². The smallest absolute Gasteiger partial charge is 0.230 e. The van der Waals surface area contributed by atoms with Crippen LogP contribution in [0.15, 0.2) is 23.2 Å². The number of benzene rings is 1. The van der Waals surface area contributed by atoms with Crippen LogP contribution in [0, 0.1) is 13.8 Å². The summed E-state index contributed by atoms with van der Waals surface area (Å²) in [5.74, 6) is 2.11. The Balaban J connectivity index is 1.80. The predicted octanol–water partition coefficient (Wildman–Crippen LogP) is 1.76. The molecule has 3 rings (SSSR count). The van der Waals surface area contributed by atoms with Crippen LogP contribution in [-0.2, 0) is 0 Å². The van der Waals surface area contributed by atoms with E-state index in [0.29, 0.717) is 18.6 Å². The molecule has 6 nitrogen and oxygen atoms in total. The van der Waals surface area contributed by atoms with Crippen LogP contribution in [0.4, 0.5) is 5.95 Å². The van der Waals surface area contributed by atoms with Crippen molar-refractivity contribution in [3.05, 3.63) is 29.5 Å². The van der Waals surface area contributed by atoms with Gasteiger partial charge in [0.15, 0.2) is 0 Å². The van der Waals surface area contributed by atoms with Crippen LogP contribution in [0.25, 0.3) is 10.9 Å². The maximum atomic E-state index is 4.58. The monoisotopic (exact) mass is 316 g/mol. The molecule has 0 radical (unpaired) electrons. The van der Waals surface area contributed by atoms with E-state index in [4.69, 9.17) is 0 Å². The van der Waals surface area contributed by atoms with Crippen LogP contribution in [0.2, 0.25) is 0 Å². The molecule has 7 heteroatoms. The summed E-state index contributed by atoms with van der Waals surface area (Å²) in [6.07, 6.45) is 0. The highest BCUT2D eigenvalue weighted by molar-refractivity contribution is 7.80. The van der Waals surface area contributed by atoms with Crippen molar-refractivity contribution < 1.29 is 0 Å². The summed E-state index contributed by atoms with van der Waals surface area (Å²) in [4.78, 5) is 15.7. The third kappa shape index (κ3) is 3.31. The second-order valence-corrected chi connectivity index (χ2v) is 5.83. The van der Waals surface area contributed by atoms with Crippen LogP contribution < -0.4 is 10.6 Å². The van der Waals surface area contributed by atoms with Gasteiger partial charge in [-0.25, -0.2) is 15.0 Å². The number of hydrogen-bond acceptors (Lipinski definition) is 7. The molecule has 2 aromatic rings. The summed E-state index contributed by atoms with van der Waals surface area (Å²) in [7, 11) is 0. The summed E-state index contributed by atoms with van der Waals surface area (Å²) in [5.41, 5.74) is 3.09. The van der Waals surface area contributed by atoms with Gasteiger partial charge in [-0.15, -0.1) is 0 Å². The summed E-state index contributed by atoms with van der Waals surface area (Å²) in [6, 6.07) is 6.21. The van der Waals surface area contributed by atoms with Crippen molar-refractivity contribution in [2.75, 3.05) is 31.0 Å². The van der Waals surface area contributed by atoms with E-state index in [1.807, 2.05) is 6.92 Å². The Morgan fingerprint density at radius 3 is 2.91 bits per heavy atom. The maximum absolute atomic E-state index is 4.58. The van der Waals surface area contributed by atoms with Gasteiger partial charge in [0.25, 0.3) is 0 Å². The fourth-order valence-electron chi connectivity index (χ4n) is 2.40. The lowest BCUT2D eigenvalue weighted by atomic mass is 10.1. The molecule has 0 saturated heterocycles. The minimum absolute atomic E-state index is 0.574. The first-order valence-corrected chi connectivity index (χ1v) is 7.92. The molecule has 0 aliphatic carbocycles. The minimum atomic E-state index is 0.574. The molecule has 116 valence electrons. The van der Waals surface area contributed by atoms with Crippen molar-refractivity contribution >= 4 is 35.4 Å². The first-order chi connectivity index (χ1) is 10.7. The van der Waals surface area contributed by atoms with Gasteiger partial charge in [-0.3, -0.25) is 10.2 Å². The third-order valence-electron chi connectivity index (χ3n) is 3.59. The highest BCUT2D eigenvalue weighted by atomic mass is 32.1. The van der Waals surface area contributed by atoms with Crippen molar-refractivity contribution in [1.29, 1.82) is 0 Å². The van der Waals surface area contributed by atoms with Crippen LogP contribution in [0.1, 0.15) is 11.3 Å². The molecule has 0 spiro atoms. The number of nitrogens with one attached hydrogen (secondary N) is 2. The lowest BCUT2D eigenvalue weighted by Gasteiger charge is -2.26. The second-order valence-electron chi connectivity index (χ2n) is 5.38. The summed E-state index contributed by atoms with van der Waals surface area (Å²) < 4.78 is 0. The topological polar surface area (TPSA) is 65.4 Å². The number of thiol groups is 1. The molecule has 0 amide bonds. The van der Waals surface area contributed by atoms with Crippen LogP contribution in [0.5, 0.6) is 0 Å². The Labute approximate surface area is 135 Å². The van der Waals surface area contributed by atoms with Gasteiger partial charge < -0.3 is 5.32 Å². The lowest BCUT2D eigenvalue weighted by molar-refractivity contribution is 0.282. The van der Waals surface area contributed by atoms with Crippen molar-refractivity contribution in [2.45, 2.75) is 13.8 Å². The average Bonchev–Trinajstić information content (AvgIpc) is 2.49. The highest BCUT2D eigenvalue weighted by Crippen LogP contribution is 2.18. The van der Waals surface area contributed by atoms with Crippen LogP contribution >= 0.6 is 12.6 Å². The largest absolute Gasteiger partial charge is 0.343 e. The molecule has 2 N–H and O–H groups in total. The standard InChI is InChI=1S/C15H20N6S/c1-10-3-4-12-11(2)18-15(19-13(12)7-10)20-14-16-8-21(5-6-22)9-17-14/h3-4,7,22H,5-6,8-9H2,1-2H3,(H2,16,17,18,19,20). The zero-order chi connectivity index (χ0) is 15.5. The van der Waals surface area contributed by atoms with Gasteiger partial charge in [0, 0.05) is 17.7 Å². The third-order valence-corrected chi connectivity index (χ3v) is 3.79. The summed E-state index contributed by atoms with van der Waals surface area (Å²) >= 11 is 4.23. The first kappa shape index (κ1) is 15.1. The second kappa shape index (κ2) is 6.50. The van der Waals surface area contributed by atoms with E-state index in [1.54, 1.807) is 0 Å². The van der Waals surface area contributed by atoms with Crippen molar-refractivity contribution in [3.63, 3.8) is 0 Å². The number of aryl methyl sites for hydroxylation is 2. The molecule has 0 bridgehead atoms. The zero-order valence-electron chi connectivity index (χ0n) is 12.8. The first-order valence-electron chi connectivity index (χ1n) is 7.29. The molecular weight excluding hydrogens is 296 g/mol. The molecule has 2 heterocycles. The van der Waals surface area contributed by atoms with Crippen LogP contribution in [-0.4, -0.2) is 46.5 Å². The van der Waals surface area contributed by atoms with Crippen LogP contribution in [0.3, 0.4) is 0 Å². The van der Waals surface area contributed by atoms with E-state index < -0.39 is 0 Å². The molecule has 0 fully saturated rings. The van der Waals surface area contributed by atoms with Crippen molar-refractivity contribution in [1.82, 2.24) is 20.2 Å². The fourth-order valence-corrected chi connectivity index (χ4v) is 2.68. The van der Waals surface area contributed by atoms with Gasteiger partial charge in [-0.1, -0.05) is 12.1 Å². The van der Waals surface area contributed by atoms with Gasteiger partial charge >= 0.3 is 0 Å². The Morgan fingerprint density at radius 1 is 1.32 bits per heavy atom. The fraction of sp³-hybridized carbons (Fsp3) is 0.400. The molecule has 0 unspecified atom stereocenters. The maximum Gasteiger partial charge on any atom is 0.230 e. The van der Waals surface area contributed by atoms with Gasteiger partial charge in [0.05, 0.1) is 24.5 Å². The Morgan fingerprint density at radius 2 is 2.18 bits per heavy atom. The molecule has 1 aromatic heterocycles. The number of nitrogens with zero attached hydrogens (tertiary/aromatic N) is 4. The van der Waals surface area contributed by atoms with E-state index in [2.05, 4.69) is 68.2 Å². The number of guanidine groups is 1. The quantitative estimate of drug-likeness (QED) is 0.753. The van der Waals surface area contributed by atoms with Gasteiger partial charge in [0.2, 0.25) is 11.9 Å². The minimum Gasteiger partial charge on any atom is -0.343 e. The van der Waals surface area contributed by atoms with E-state index in [0.717, 1.165) is 35.6 Å². The molecule has 22 heavy (non-hydrogen) atoms. The van der Waals surface area contributed by atoms with Crippen molar-refractivity contribution in [3.8, 4) is 0 Å². The number of aromatic nitrogens is 2. The van der Waals surface area contributed by atoms with Crippen molar-refractivity contribution in [2.24, 2.45) is 4.99 Å². The molecule has 1 aromatic carbocycles. The Bertz CT molecular complexity index is 714. The number of rotatable bonds is 3. The SMILES string of the molecule is Cc1ccc2c(C)nc(NC3=NCN(CCS)CN3)nc2c1. The number of hydrogen-bond donors (Lipinski definition) is 3. The molecule has 1 aliphatic rings. The lowest BCUT2D eigenvalue weighted by Crippen LogP contribution is -2.46. The Hall–Kier alpha value is -1.86. The molecule has 0 atom stereocenters. The summed E-state index contributed by atoms with van der Waals surface area (Å²) in [6.45, 7) is 6.37. The highest BCUT2D eigenvalue weighted by Gasteiger charge is 2.12. The van der Waals surface area contributed by atoms with E-state index >= 15 is 0 Å². The van der Waals surface area contributed by atoms with E-state index in [1.165, 1.54) is 5.56 Å². The van der Waals surface area contributed by atoms with E-state index in [9.17, 15) is 0 Å². The summed E-state index contributed by atoms with van der Waals surface area (Å²) in [5, 5.41) is 7.48. The molecule has 0 saturated carbocycles. The predicted molar refractivity (Wildman–Crippen MR) is 93.5 cm³/mol. The normalized spacial score (nSPS) is 15.5. The van der Waals surface area contributed by atoms with E-state index in [-0.39, 0.29) is 0 Å². The average molecular weight is 316 g/mol. The number of anilines is 1.